The van der Waals surface area contributed by atoms with E-state index in [1.807, 2.05) is 42.5 Å². The van der Waals surface area contributed by atoms with E-state index in [0.717, 1.165) is 28.2 Å². The summed E-state index contributed by atoms with van der Waals surface area (Å²) in [6.07, 6.45) is 0. The van der Waals surface area contributed by atoms with Crippen LogP contribution in [0.25, 0.3) is 33.8 Å². The number of hydrogen-bond acceptors (Lipinski definition) is 0. The summed E-state index contributed by atoms with van der Waals surface area (Å²) < 4.78 is 6.34. The number of hydrogen-bond donors (Lipinski definition) is 0. The van der Waals surface area contributed by atoms with Crippen molar-refractivity contribution in [1.82, 2.24) is 0 Å². The monoisotopic (exact) mass is 323 g/mol. The van der Waals surface area contributed by atoms with E-state index in [1.54, 1.807) is 0 Å². The molecule has 0 aliphatic heterocycles. The lowest BCUT2D eigenvalue weighted by Gasteiger charge is -2.06. The normalized spacial score (nSPS) is 10.6. The van der Waals surface area contributed by atoms with Gasteiger partial charge in [0.1, 0.15) is 0 Å². The van der Waals surface area contributed by atoms with E-state index in [4.69, 9.17) is 4.42 Å². The van der Waals surface area contributed by atoms with Gasteiger partial charge < -0.3 is 0 Å². The van der Waals surface area contributed by atoms with Crippen molar-refractivity contribution in [3.8, 4) is 33.8 Å². The minimum Gasteiger partial charge on any atom is -0.206 e. The fourth-order valence-electron chi connectivity index (χ4n) is 3.10. The Balaban J connectivity index is 1.98. The third kappa shape index (κ3) is 3.09. The first-order valence-corrected chi connectivity index (χ1v) is 8.47. The van der Waals surface area contributed by atoms with Crippen LogP contribution in [0, 0.1) is 6.92 Å². The molecule has 0 bridgehead atoms. The Kier molecular flexibility index (Phi) is 4.14. The molecule has 0 fully saturated rings. The summed E-state index contributed by atoms with van der Waals surface area (Å²) >= 11 is 0. The predicted octanol–water partition coefficient (Wildman–Crippen LogP) is 6.87. The Morgan fingerprint density at radius 3 is 1.60 bits per heavy atom. The molecule has 1 nitrogen and oxygen atoms in total. The van der Waals surface area contributed by atoms with Gasteiger partial charge in [0.2, 0.25) is 0 Å². The summed E-state index contributed by atoms with van der Waals surface area (Å²) in [5, 5.41) is 0. The molecule has 4 rings (SSSR count). The van der Waals surface area contributed by atoms with Crippen molar-refractivity contribution in [1.29, 1.82) is 0 Å². The van der Waals surface area contributed by atoms with Crippen LogP contribution < -0.4 is 0 Å². The molecule has 0 aliphatic carbocycles. The van der Waals surface area contributed by atoms with Crippen LogP contribution in [0.5, 0.6) is 0 Å². The third-order valence-corrected chi connectivity index (χ3v) is 4.41. The van der Waals surface area contributed by atoms with Crippen LogP contribution in [0.4, 0.5) is 0 Å². The average molecular weight is 323 g/mol. The second-order valence-corrected chi connectivity index (χ2v) is 6.08. The van der Waals surface area contributed by atoms with Crippen LogP contribution in [0.15, 0.2) is 101 Å². The molecule has 1 heteroatoms. The second-order valence-electron chi connectivity index (χ2n) is 6.08. The molecule has 0 saturated carbocycles. The molecule has 0 unspecified atom stereocenters. The zero-order chi connectivity index (χ0) is 17.1. The first-order valence-electron chi connectivity index (χ1n) is 8.47. The van der Waals surface area contributed by atoms with E-state index in [2.05, 4.69) is 61.5 Å². The fraction of sp³-hybridized carbons (Fsp3) is 0.0417. The van der Waals surface area contributed by atoms with Gasteiger partial charge in [0, 0.05) is 5.56 Å². The van der Waals surface area contributed by atoms with Gasteiger partial charge in [0.25, 0.3) is 0 Å². The maximum atomic E-state index is 6.34. The molecule has 0 N–H and O–H groups in total. The Bertz CT molecular complexity index is 914. The molecular weight excluding hydrogens is 304 g/mol. The molecule has 0 saturated heterocycles. The Labute approximate surface area is 148 Å². The molecule has 1 heterocycles. The highest BCUT2D eigenvalue weighted by molar-refractivity contribution is 5.78. The van der Waals surface area contributed by atoms with E-state index in [1.165, 1.54) is 11.1 Å². The SMILES string of the molecule is Cc1c(-c2ccccc2)cc(-c2ccccc2)[o+]c1-c1ccccc1. The summed E-state index contributed by atoms with van der Waals surface area (Å²) in [5.74, 6) is 1.80. The van der Waals surface area contributed by atoms with E-state index in [0.29, 0.717) is 0 Å². The van der Waals surface area contributed by atoms with Gasteiger partial charge in [0.15, 0.2) is 0 Å². The molecule has 0 radical (unpaired) electrons. The first kappa shape index (κ1) is 15.3. The summed E-state index contributed by atoms with van der Waals surface area (Å²) in [6, 6.07) is 33.2. The lowest BCUT2D eigenvalue weighted by Crippen LogP contribution is -1.91. The van der Waals surface area contributed by atoms with Crippen LogP contribution >= 0.6 is 0 Å². The van der Waals surface area contributed by atoms with Gasteiger partial charge in [-0.3, -0.25) is 0 Å². The minimum absolute atomic E-state index is 0.879. The highest BCUT2D eigenvalue weighted by Crippen LogP contribution is 2.36. The molecule has 0 amide bonds. The van der Waals surface area contributed by atoms with Gasteiger partial charge in [-0.05, 0) is 36.8 Å². The maximum absolute atomic E-state index is 6.34. The molecule has 0 aliphatic rings. The van der Waals surface area contributed by atoms with E-state index < -0.39 is 0 Å². The number of rotatable bonds is 3. The molecular formula is C24H19O+. The quantitative estimate of drug-likeness (QED) is 0.374. The van der Waals surface area contributed by atoms with Crippen LogP contribution in [-0.2, 0) is 0 Å². The maximum Gasteiger partial charge on any atom is 0.364 e. The topological polar surface area (TPSA) is 11.3 Å². The van der Waals surface area contributed by atoms with Crippen molar-refractivity contribution >= 4 is 0 Å². The smallest absolute Gasteiger partial charge is 0.206 e. The zero-order valence-corrected chi connectivity index (χ0v) is 14.1. The fourth-order valence-corrected chi connectivity index (χ4v) is 3.10. The molecule has 0 atom stereocenters. The molecule has 120 valence electrons. The van der Waals surface area contributed by atoms with Gasteiger partial charge in [-0.1, -0.05) is 66.7 Å². The van der Waals surface area contributed by atoms with Gasteiger partial charge >= 0.3 is 11.5 Å². The average Bonchev–Trinajstić information content (AvgIpc) is 2.70. The largest absolute Gasteiger partial charge is 0.364 e. The van der Waals surface area contributed by atoms with Crippen molar-refractivity contribution in [2.24, 2.45) is 0 Å². The van der Waals surface area contributed by atoms with Crippen molar-refractivity contribution < 1.29 is 4.42 Å². The molecule has 1 aromatic heterocycles. The molecule has 3 aromatic carbocycles. The van der Waals surface area contributed by atoms with Gasteiger partial charge in [0.05, 0.1) is 22.8 Å². The van der Waals surface area contributed by atoms with Crippen LogP contribution in [0.2, 0.25) is 0 Å². The third-order valence-electron chi connectivity index (χ3n) is 4.41. The molecule has 4 aromatic rings. The van der Waals surface area contributed by atoms with Crippen LogP contribution in [0.3, 0.4) is 0 Å². The Hall–Kier alpha value is -3.19. The molecule has 0 spiro atoms. The zero-order valence-electron chi connectivity index (χ0n) is 14.1. The summed E-state index contributed by atoms with van der Waals surface area (Å²) in [4.78, 5) is 0. The second kappa shape index (κ2) is 6.74. The van der Waals surface area contributed by atoms with Gasteiger partial charge in [-0.2, -0.15) is 0 Å². The number of benzene rings is 3. The predicted molar refractivity (Wildman–Crippen MR) is 104 cm³/mol. The van der Waals surface area contributed by atoms with Crippen molar-refractivity contribution in [3.05, 3.63) is 103 Å². The lowest BCUT2D eigenvalue weighted by molar-refractivity contribution is 0.578. The molecule has 25 heavy (non-hydrogen) atoms. The summed E-state index contributed by atoms with van der Waals surface area (Å²) in [6.45, 7) is 2.13. The summed E-state index contributed by atoms with van der Waals surface area (Å²) in [5.41, 5.74) is 5.72. The van der Waals surface area contributed by atoms with Crippen molar-refractivity contribution in [2.75, 3.05) is 0 Å². The standard InChI is InChI=1S/C24H19O/c1-18-22(19-11-5-2-6-12-19)17-23(20-13-7-3-8-14-20)25-24(18)21-15-9-4-10-16-21/h2-17H,1H3/q+1. The van der Waals surface area contributed by atoms with Gasteiger partial charge in [-0.15, -0.1) is 0 Å². The lowest BCUT2D eigenvalue weighted by atomic mass is 9.96. The van der Waals surface area contributed by atoms with E-state index in [9.17, 15) is 0 Å². The van der Waals surface area contributed by atoms with Crippen molar-refractivity contribution in [2.45, 2.75) is 6.92 Å². The Morgan fingerprint density at radius 1 is 0.560 bits per heavy atom. The van der Waals surface area contributed by atoms with Gasteiger partial charge in [-0.25, -0.2) is 4.42 Å². The minimum atomic E-state index is 0.879. The van der Waals surface area contributed by atoms with Crippen LogP contribution in [0.1, 0.15) is 5.56 Å². The first-order chi connectivity index (χ1) is 12.3. The van der Waals surface area contributed by atoms with Crippen LogP contribution in [-0.4, -0.2) is 0 Å². The van der Waals surface area contributed by atoms with Crippen molar-refractivity contribution in [3.63, 3.8) is 0 Å². The highest BCUT2D eigenvalue weighted by Gasteiger charge is 2.24. The highest BCUT2D eigenvalue weighted by atomic mass is 16.3. The Morgan fingerprint density at radius 2 is 1.04 bits per heavy atom. The van der Waals surface area contributed by atoms with E-state index >= 15 is 0 Å². The van der Waals surface area contributed by atoms with E-state index in [-0.39, 0.29) is 0 Å². The summed E-state index contributed by atoms with van der Waals surface area (Å²) in [7, 11) is 0.